The maximum Gasteiger partial charge on any atom is 0.237 e. The lowest BCUT2D eigenvalue weighted by Crippen LogP contribution is -2.46. The first kappa shape index (κ1) is 11.9. The van der Waals surface area contributed by atoms with Crippen molar-refractivity contribution >= 4 is 5.91 Å². The molecule has 2 N–H and O–H groups in total. The van der Waals surface area contributed by atoms with Gasteiger partial charge in [0, 0.05) is 18.6 Å². The van der Waals surface area contributed by atoms with Crippen molar-refractivity contribution in [2.45, 2.75) is 50.7 Å². The molecular weight excluding hydrogens is 202 g/mol. The summed E-state index contributed by atoms with van der Waals surface area (Å²) < 4.78 is 0. The van der Waals surface area contributed by atoms with Gasteiger partial charge in [0.05, 0.1) is 6.04 Å². The Labute approximate surface area is 97.8 Å². The van der Waals surface area contributed by atoms with E-state index in [1.165, 1.54) is 12.8 Å². The summed E-state index contributed by atoms with van der Waals surface area (Å²) in [6.45, 7) is 3.93. The van der Waals surface area contributed by atoms with Crippen molar-refractivity contribution in [3.05, 3.63) is 0 Å². The van der Waals surface area contributed by atoms with Gasteiger partial charge in [-0.1, -0.05) is 0 Å². The van der Waals surface area contributed by atoms with Crippen LogP contribution >= 0.6 is 0 Å². The van der Waals surface area contributed by atoms with Crippen molar-refractivity contribution in [2.75, 3.05) is 20.1 Å². The molecule has 4 heteroatoms. The molecule has 2 rings (SSSR count). The fourth-order valence-electron chi connectivity index (χ4n) is 2.27. The van der Waals surface area contributed by atoms with Crippen LogP contribution in [0, 0.1) is 0 Å². The first-order valence-corrected chi connectivity index (χ1v) is 6.41. The maximum atomic E-state index is 11.8. The van der Waals surface area contributed by atoms with Gasteiger partial charge >= 0.3 is 0 Å². The molecule has 0 spiro atoms. The van der Waals surface area contributed by atoms with Crippen LogP contribution in [0.25, 0.3) is 0 Å². The summed E-state index contributed by atoms with van der Waals surface area (Å²) in [5, 5.41) is 6.26. The highest BCUT2D eigenvalue weighted by atomic mass is 16.2. The number of amides is 1. The van der Waals surface area contributed by atoms with Crippen LogP contribution in [0.5, 0.6) is 0 Å². The van der Waals surface area contributed by atoms with Crippen LogP contribution in [0.1, 0.15) is 32.6 Å². The molecule has 0 bridgehead atoms. The van der Waals surface area contributed by atoms with Gasteiger partial charge in [-0.2, -0.15) is 0 Å². The number of carbonyl (C=O) groups is 1. The summed E-state index contributed by atoms with van der Waals surface area (Å²) >= 11 is 0. The van der Waals surface area contributed by atoms with Gasteiger partial charge in [0.25, 0.3) is 0 Å². The van der Waals surface area contributed by atoms with E-state index in [1.807, 2.05) is 0 Å². The largest absolute Gasteiger partial charge is 0.353 e. The molecule has 0 radical (unpaired) electrons. The summed E-state index contributed by atoms with van der Waals surface area (Å²) in [5.74, 6) is 0.175. The fraction of sp³-hybridized carbons (Fsp3) is 0.917. The van der Waals surface area contributed by atoms with E-state index in [0.29, 0.717) is 6.04 Å². The van der Waals surface area contributed by atoms with E-state index in [2.05, 4.69) is 29.5 Å². The molecule has 0 aromatic carbocycles. The van der Waals surface area contributed by atoms with Gasteiger partial charge < -0.3 is 10.6 Å². The Balaban J connectivity index is 1.67. The molecule has 1 saturated heterocycles. The summed E-state index contributed by atoms with van der Waals surface area (Å²) in [5.41, 5.74) is 0. The molecule has 0 aromatic heterocycles. The lowest BCUT2D eigenvalue weighted by Gasteiger charge is -2.25. The third-order valence-electron chi connectivity index (χ3n) is 3.77. The van der Waals surface area contributed by atoms with E-state index in [9.17, 15) is 4.79 Å². The van der Waals surface area contributed by atoms with Gasteiger partial charge in [0.15, 0.2) is 0 Å². The van der Waals surface area contributed by atoms with Crippen molar-refractivity contribution in [1.82, 2.24) is 15.5 Å². The van der Waals surface area contributed by atoms with Gasteiger partial charge in [-0.3, -0.25) is 9.69 Å². The van der Waals surface area contributed by atoms with Crippen LogP contribution in [0.3, 0.4) is 0 Å². The summed E-state index contributed by atoms with van der Waals surface area (Å²) in [6, 6.07) is 1.26. The second-order valence-corrected chi connectivity index (χ2v) is 5.14. The summed E-state index contributed by atoms with van der Waals surface area (Å²) in [6.07, 6.45) is 4.74. The Morgan fingerprint density at radius 1 is 1.50 bits per heavy atom. The minimum Gasteiger partial charge on any atom is -0.353 e. The molecule has 1 unspecified atom stereocenters. The average molecular weight is 225 g/mol. The lowest BCUT2D eigenvalue weighted by atomic mass is 10.2. The predicted molar refractivity (Wildman–Crippen MR) is 64.3 cm³/mol. The number of hydrogen-bond donors (Lipinski definition) is 2. The third-order valence-corrected chi connectivity index (χ3v) is 3.77. The van der Waals surface area contributed by atoms with Crippen molar-refractivity contribution in [3.8, 4) is 0 Å². The van der Waals surface area contributed by atoms with Crippen LogP contribution in [0.2, 0.25) is 0 Å². The van der Waals surface area contributed by atoms with E-state index in [0.717, 1.165) is 32.0 Å². The van der Waals surface area contributed by atoms with Gasteiger partial charge in [0.1, 0.15) is 0 Å². The summed E-state index contributed by atoms with van der Waals surface area (Å²) in [4.78, 5) is 14.1. The monoisotopic (exact) mass is 225 g/mol. The Kier molecular flexibility index (Phi) is 3.82. The molecule has 4 nitrogen and oxygen atoms in total. The van der Waals surface area contributed by atoms with Crippen LogP contribution in [-0.4, -0.2) is 49.1 Å². The first-order valence-electron chi connectivity index (χ1n) is 6.41. The molecule has 2 atom stereocenters. The quantitative estimate of drug-likeness (QED) is 0.709. The van der Waals surface area contributed by atoms with Crippen molar-refractivity contribution in [2.24, 2.45) is 0 Å². The minimum absolute atomic E-state index is 0.0541. The van der Waals surface area contributed by atoms with Crippen LogP contribution in [0.4, 0.5) is 0 Å². The zero-order chi connectivity index (χ0) is 11.5. The van der Waals surface area contributed by atoms with Crippen LogP contribution in [0.15, 0.2) is 0 Å². The highest BCUT2D eigenvalue weighted by Crippen LogP contribution is 2.26. The molecular formula is C12H23N3O. The Morgan fingerprint density at radius 2 is 2.25 bits per heavy atom. The number of carbonyl (C=O) groups excluding carboxylic acids is 1. The molecule has 1 aliphatic heterocycles. The number of hydrogen-bond acceptors (Lipinski definition) is 3. The molecule has 1 saturated carbocycles. The molecule has 92 valence electrons. The van der Waals surface area contributed by atoms with Gasteiger partial charge in [-0.25, -0.2) is 0 Å². The molecule has 1 amide bonds. The zero-order valence-electron chi connectivity index (χ0n) is 10.3. The standard InChI is InChI=1S/C12H23N3O/c1-9(15(2)10-5-6-10)8-14-12(16)11-4-3-7-13-11/h9-11,13H,3-8H2,1-2H3,(H,14,16)/t9?,11-/m1/s1. The number of nitrogens with one attached hydrogen (secondary N) is 2. The molecule has 16 heavy (non-hydrogen) atoms. The van der Waals surface area contributed by atoms with Gasteiger partial charge in [-0.15, -0.1) is 0 Å². The molecule has 0 aromatic rings. The smallest absolute Gasteiger partial charge is 0.237 e. The SMILES string of the molecule is CC(CNC(=O)[C@H]1CCCN1)N(C)C1CC1. The molecule has 1 aliphatic carbocycles. The van der Waals surface area contributed by atoms with Crippen LogP contribution in [-0.2, 0) is 4.79 Å². The molecule has 2 fully saturated rings. The Hall–Kier alpha value is -0.610. The third kappa shape index (κ3) is 2.95. The normalized spacial score (nSPS) is 27.1. The predicted octanol–water partition coefficient (Wildman–Crippen LogP) is 0.337. The number of nitrogens with zero attached hydrogens (tertiary/aromatic N) is 1. The number of rotatable bonds is 5. The zero-order valence-corrected chi connectivity index (χ0v) is 10.3. The van der Waals surface area contributed by atoms with Crippen molar-refractivity contribution in [3.63, 3.8) is 0 Å². The van der Waals surface area contributed by atoms with Crippen molar-refractivity contribution < 1.29 is 4.79 Å². The van der Waals surface area contributed by atoms with Gasteiger partial charge in [0.2, 0.25) is 5.91 Å². The highest BCUT2D eigenvalue weighted by Gasteiger charge is 2.29. The van der Waals surface area contributed by atoms with Crippen molar-refractivity contribution in [1.29, 1.82) is 0 Å². The lowest BCUT2D eigenvalue weighted by molar-refractivity contribution is -0.123. The fourth-order valence-corrected chi connectivity index (χ4v) is 2.27. The molecule has 2 aliphatic rings. The topological polar surface area (TPSA) is 44.4 Å². The van der Waals surface area contributed by atoms with E-state index in [-0.39, 0.29) is 11.9 Å². The van der Waals surface area contributed by atoms with E-state index >= 15 is 0 Å². The van der Waals surface area contributed by atoms with E-state index in [1.54, 1.807) is 0 Å². The average Bonchev–Trinajstić information content (AvgIpc) is 2.99. The van der Waals surface area contributed by atoms with Crippen LogP contribution < -0.4 is 10.6 Å². The highest BCUT2D eigenvalue weighted by molar-refractivity contribution is 5.82. The Morgan fingerprint density at radius 3 is 2.81 bits per heavy atom. The Bertz CT molecular complexity index is 247. The maximum absolute atomic E-state index is 11.8. The first-order chi connectivity index (χ1) is 7.68. The van der Waals surface area contributed by atoms with Gasteiger partial charge in [-0.05, 0) is 46.2 Å². The number of likely N-dealkylation sites (N-methyl/N-ethyl adjacent to an activating group) is 1. The van der Waals surface area contributed by atoms with E-state index in [4.69, 9.17) is 0 Å². The van der Waals surface area contributed by atoms with E-state index < -0.39 is 0 Å². The second-order valence-electron chi connectivity index (χ2n) is 5.14. The summed E-state index contributed by atoms with van der Waals surface area (Å²) in [7, 11) is 2.16. The second kappa shape index (κ2) is 5.15. The molecule has 1 heterocycles. The minimum atomic E-state index is 0.0541.